The molecule has 1 aromatic carbocycles. The molecule has 18 heavy (non-hydrogen) atoms. The van der Waals surface area contributed by atoms with Crippen LogP contribution in [0.3, 0.4) is 0 Å². The minimum atomic E-state index is -0.913. The zero-order chi connectivity index (χ0) is 13.0. The first kappa shape index (κ1) is 12.5. The molecule has 0 atom stereocenters. The molecule has 0 aliphatic carbocycles. The van der Waals surface area contributed by atoms with Crippen LogP contribution in [0.15, 0.2) is 42.6 Å². The van der Waals surface area contributed by atoms with Crippen LogP contribution in [0.2, 0.25) is 0 Å². The van der Waals surface area contributed by atoms with Crippen molar-refractivity contribution < 1.29 is 14.3 Å². The largest absolute Gasteiger partial charge is 0.349 e. The number of Topliss-reactive ketones (excluding diaryl/α,β-unsaturated/α-hetero) is 1. The monoisotopic (exact) mass is 246 g/mol. The number of aromatic nitrogens is 2. The number of hydrogen-bond acceptors (Lipinski definition) is 4. The summed E-state index contributed by atoms with van der Waals surface area (Å²) in [6, 6.07) is 11.1. The minimum absolute atomic E-state index is 0.263. The maximum atomic E-state index is 12.2. The van der Waals surface area contributed by atoms with Crippen molar-refractivity contribution in [1.29, 1.82) is 0 Å². The third-order valence-electron chi connectivity index (χ3n) is 2.54. The Morgan fingerprint density at radius 2 is 1.83 bits per heavy atom. The molecule has 0 aliphatic rings. The van der Waals surface area contributed by atoms with Gasteiger partial charge in [0.25, 0.3) is 0 Å². The van der Waals surface area contributed by atoms with E-state index in [1.54, 1.807) is 16.9 Å². The summed E-state index contributed by atoms with van der Waals surface area (Å²) in [5, 5.41) is 4.14. The van der Waals surface area contributed by atoms with Crippen molar-refractivity contribution in [2.45, 2.75) is 6.29 Å². The van der Waals surface area contributed by atoms with Gasteiger partial charge in [0.05, 0.1) is 11.9 Å². The molecule has 0 radical (unpaired) electrons. The van der Waals surface area contributed by atoms with Crippen LogP contribution >= 0.6 is 0 Å². The summed E-state index contributed by atoms with van der Waals surface area (Å²) in [5.74, 6) is -0.263. The predicted molar refractivity (Wildman–Crippen MR) is 65.7 cm³/mol. The minimum Gasteiger partial charge on any atom is -0.349 e. The van der Waals surface area contributed by atoms with Crippen molar-refractivity contribution in [3.63, 3.8) is 0 Å². The Morgan fingerprint density at radius 3 is 2.44 bits per heavy atom. The number of carbonyl (C=O) groups excluding carboxylic acids is 1. The van der Waals surface area contributed by atoms with Crippen molar-refractivity contribution in [1.82, 2.24) is 9.78 Å². The molecule has 0 N–H and O–H groups in total. The van der Waals surface area contributed by atoms with Crippen LogP contribution in [-0.4, -0.2) is 36.1 Å². The first-order chi connectivity index (χ1) is 8.77. The summed E-state index contributed by atoms with van der Waals surface area (Å²) < 4.78 is 11.5. The van der Waals surface area contributed by atoms with Crippen LogP contribution in [0.1, 0.15) is 10.5 Å². The highest BCUT2D eigenvalue weighted by atomic mass is 16.7. The molecular formula is C13H14N2O3. The van der Waals surface area contributed by atoms with Gasteiger partial charge in [0, 0.05) is 14.2 Å². The molecule has 1 aromatic heterocycles. The molecule has 1 heterocycles. The Labute approximate surface area is 105 Å². The Morgan fingerprint density at radius 1 is 1.17 bits per heavy atom. The zero-order valence-corrected chi connectivity index (χ0v) is 10.2. The van der Waals surface area contributed by atoms with Crippen LogP contribution in [0.25, 0.3) is 5.69 Å². The fourth-order valence-corrected chi connectivity index (χ4v) is 1.70. The van der Waals surface area contributed by atoms with Crippen molar-refractivity contribution >= 4 is 5.78 Å². The van der Waals surface area contributed by atoms with Gasteiger partial charge in [-0.1, -0.05) is 18.2 Å². The average molecular weight is 246 g/mol. The lowest BCUT2D eigenvalue weighted by molar-refractivity contribution is -0.0745. The second-order valence-electron chi connectivity index (χ2n) is 3.63. The first-order valence-electron chi connectivity index (χ1n) is 5.47. The molecule has 2 aromatic rings. The number of rotatable bonds is 5. The number of benzene rings is 1. The summed E-state index contributed by atoms with van der Waals surface area (Å²) in [6.07, 6.45) is 0.659. The number of carbonyl (C=O) groups is 1. The molecule has 0 saturated carbocycles. The molecule has 5 nitrogen and oxygen atoms in total. The summed E-state index contributed by atoms with van der Waals surface area (Å²) in [4.78, 5) is 12.2. The molecule has 0 unspecified atom stereocenters. The van der Waals surface area contributed by atoms with Gasteiger partial charge < -0.3 is 9.47 Å². The van der Waals surface area contributed by atoms with E-state index in [-0.39, 0.29) is 5.78 Å². The molecule has 2 rings (SSSR count). The topological polar surface area (TPSA) is 53.4 Å². The van der Waals surface area contributed by atoms with Gasteiger partial charge in [-0.3, -0.25) is 4.79 Å². The van der Waals surface area contributed by atoms with E-state index in [2.05, 4.69) is 5.10 Å². The fourth-order valence-electron chi connectivity index (χ4n) is 1.70. The highest BCUT2D eigenvalue weighted by molar-refractivity contribution is 5.97. The Bertz CT molecular complexity index is 518. The second-order valence-corrected chi connectivity index (χ2v) is 3.63. The van der Waals surface area contributed by atoms with E-state index >= 15 is 0 Å². The van der Waals surface area contributed by atoms with Gasteiger partial charge >= 0.3 is 0 Å². The van der Waals surface area contributed by atoms with Gasteiger partial charge in [-0.05, 0) is 18.2 Å². The van der Waals surface area contributed by atoms with Crippen molar-refractivity contribution in [2.75, 3.05) is 14.2 Å². The van der Waals surface area contributed by atoms with E-state index in [9.17, 15) is 4.79 Å². The normalized spacial score (nSPS) is 10.8. The first-order valence-corrected chi connectivity index (χ1v) is 5.47. The highest BCUT2D eigenvalue weighted by Gasteiger charge is 2.23. The number of ketones is 1. The lowest BCUT2D eigenvalue weighted by Gasteiger charge is -2.13. The van der Waals surface area contributed by atoms with E-state index in [0.717, 1.165) is 5.69 Å². The molecular weight excluding hydrogens is 232 g/mol. The van der Waals surface area contributed by atoms with Gasteiger partial charge in [-0.25, -0.2) is 4.68 Å². The maximum absolute atomic E-state index is 12.2. The fraction of sp³-hybridized carbons (Fsp3) is 0.231. The van der Waals surface area contributed by atoms with Crippen LogP contribution in [-0.2, 0) is 9.47 Å². The van der Waals surface area contributed by atoms with Gasteiger partial charge in [0.1, 0.15) is 5.69 Å². The van der Waals surface area contributed by atoms with Gasteiger partial charge in [0.2, 0.25) is 12.1 Å². The summed E-state index contributed by atoms with van der Waals surface area (Å²) in [6.45, 7) is 0. The molecule has 0 aliphatic heterocycles. The van der Waals surface area contributed by atoms with E-state index in [1.165, 1.54) is 14.2 Å². The molecule has 0 fully saturated rings. The molecule has 5 heteroatoms. The van der Waals surface area contributed by atoms with Crippen LogP contribution in [0.5, 0.6) is 0 Å². The van der Waals surface area contributed by atoms with E-state index in [0.29, 0.717) is 5.69 Å². The SMILES string of the molecule is COC(OC)C(=O)c1ccnn1-c1ccccc1. The lowest BCUT2D eigenvalue weighted by atomic mass is 10.2. The smallest absolute Gasteiger partial charge is 0.237 e. The van der Waals surface area contributed by atoms with Gasteiger partial charge in [-0.2, -0.15) is 5.10 Å². The summed E-state index contributed by atoms with van der Waals surface area (Å²) in [7, 11) is 2.85. The summed E-state index contributed by atoms with van der Waals surface area (Å²) in [5.41, 5.74) is 1.24. The second kappa shape index (κ2) is 5.57. The quantitative estimate of drug-likeness (QED) is 0.595. The number of para-hydroxylation sites is 1. The van der Waals surface area contributed by atoms with E-state index in [1.807, 2.05) is 30.3 Å². The van der Waals surface area contributed by atoms with Crippen molar-refractivity contribution in [2.24, 2.45) is 0 Å². The van der Waals surface area contributed by atoms with Gasteiger partial charge in [-0.15, -0.1) is 0 Å². The highest BCUT2D eigenvalue weighted by Crippen LogP contribution is 2.12. The van der Waals surface area contributed by atoms with Crippen LogP contribution in [0.4, 0.5) is 0 Å². The molecule has 0 spiro atoms. The third-order valence-corrected chi connectivity index (χ3v) is 2.54. The number of nitrogens with zero attached hydrogens (tertiary/aromatic N) is 2. The number of methoxy groups -OCH3 is 2. The van der Waals surface area contributed by atoms with Crippen LogP contribution < -0.4 is 0 Å². The van der Waals surface area contributed by atoms with Crippen LogP contribution in [0, 0.1) is 0 Å². The maximum Gasteiger partial charge on any atom is 0.237 e. The Hall–Kier alpha value is -1.98. The number of ether oxygens (including phenoxy) is 2. The molecule has 0 saturated heterocycles. The standard InChI is InChI=1S/C13H14N2O3/c1-17-13(18-2)12(16)11-8-9-14-15(11)10-6-4-3-5-7-10/h3-9,13H,1-2H3. The van der Waals surface area contributed by atoms with E-state index < -0.39 is 6.29 Å². The average Bonchev–Trinajstić information content (AvgIpc) is 2.90. The third kappa shape index (κ3) is 2.32. The molecule has 0 bridgehead atoms. The lowest BCUT2D eigenvalue weighted by Crippen LogP contribution is -2.27. The van der Waals surface area contributed by atoms with E-state index in [4.69, 9.17) is 9.47 Å². The Kier molecular flexibility index (Phi) is 3.86. The summed E-state index contributed by atoms with van der Waals surface area (Å²) >= 11 is 0. The predicted octanol–water partition coefficient (Wildman–Crippen LogP) is 1.67. The van der Waals surface area contributed by atoms with Gasteiger partial charge in [0.15, 0.2) is 0 Å². The zero-order valence-electron chi connectivity index (χ0n) is 10.2. The number of hydrogen-bond donors (Lipinski definition) is 0. The molecule has 94 valence electrons. The van der Waals surface area contributed by atoms with Crippen molar-refractivity contribution in [3.8, 4) is 5.69 Å². The van der Waals surface area contributed by atoms with Crippen molar-refractivity contribution in [3.05, 3.63) is 48.3 Å². The molecule has 0 amide bonds. The Balaban J connectivity index is 2.37.